The Hall–Kier alpha value is -1.89. The van der Waals surface area contributed by atoms with E-state index >= 15 is 0 Å². The molecule has 0 aliphatic rings. The van der Waals surface area contributed by atoms with Crippen LogP contribution in [0.5, 0.6) is 5.88 Å². The highest BCUT2D eigenvalue weighted by atomic mass is 35.5. The number of aromatic nitrogens is 2. The second-order valence-electron chi connectivity index (χ2n) is 6.63. The van der Waals surface area contributed by atoms with Crippen LogP contribution >= 0.6 is 34.8 Å². The lowest BCUT2D eigenvalue weighted by Crippen LogP contribution is -2.11. The van der Waals surface area contributed by atoms with Gasteiger partial charge >= 0.3 is 6.18 Å². The summed E-state index contributed by atoms with van der Waals surface area (Å²) in [6, 6.07) is 10.1. The van der Waals surface area contributed by atoms with Crippen molar-refractivity contribution in [2.24, 2.45) is 0 Å². The number of hydrogen-bond donors (Lipinski definition) is 0. The van der Waals surface area contributed by atoms with Crippen LogP contribution in [0.4, 0.5) is 13.2 Å². The Morgan fingerprint density at radius 2 is 1.69 bits per heavy atom. The van der Waals surface area contributed by atoms with Gasteiger partial charge in [0.25, 0.3) is 0 Å². The molecule has 154 valence electrons. The smallest absolute Gasteiger partial charge is 0.423 e. The molecule has 0 aliphatic carbocycles. The van der Waals surface area contributed by atoms with Crippen molar-refractivity contribution >= 4 is 34.8 Å². The topological polar surface area (TPSA) is 27.1 Å². The van der Waals surface area contributed by atoms with Crippen LogP contribution in [0.2, 0.25) is 15.1 Å². The minimum absolute atomic E-state index is 0.0479. The van der Waals surface area contributed by atoms with Crippen LogP contribution in [0, 0.1) is 0 Å². The summed E-state index contributed by atoms with van der Waals surface area (Å²) in [6.45, 7) is 3.92. The molecule has 0 saturated heterocycles. The first-order valence-electron chi connectivity index (χ1n) is 8.60. The van der Waals surface area contributed by atoms with Crippen molar-refractivity contribution in [2.45, 2.75) is 32.5 Å². The van der Waals surface area contributed by atoms with Gasteiger partial charge in [0.2, 0.25) is 5.88 Å². The maximum absolute atomic E-state index is 13.6. The van der Waals surface area contributed by atoms with Crippen LogP contribution in [0.25, 0.3) is 5.69 Å². The van der Waals surface area contributed by atoms with Crippen molar-refractivity contribution in [3.8, 4) is 11.6 Å². The van der Waals surface area contributed by atoms with Crippen LogP contribution in [0.15, 0.2) is 42.6 Å². The zero-order chi connectivity index (χ0) is 21.3. The standard InChI is InChI=1S/C20H16Cl3F3N2O/c1-11(2)14-6-4-3-5-12(14)10-29-19-15(20(24,25)26)9-27-28(19)18-16(22)7-13(21)8-17(18)23/h3-9,11H,10H2,1-2H3. The predicted molar refractivity (Wildman–Crippen MR) is 108 cm³/mol. The summed E-state index contributed by atoms with van der Waals surface area (Å²) in [6.07, 6.45) is -3.98. The van der Waals surface area contributed by atoms with E-state index in [1.807, 2.05) is 32.0 Å². The Morgan fingerprint density at radius 3 is 2.28 bits per heavy atom. The van der Waals surface area contributed by atoms with Crippen LogP contribution in [-0.4, -0.2) is 9.78 Å². The molecular formula is C20H16Cl3F3N2O. The van der Waals surface area contributed by atoms with E-state index in [1.54, 1.807) is 6.07 Å². The van der Waals surface area contributed by atoms with Gasteiger partial charge < -0.3 is 4.74 Å². The van der Waals surface area contributed by atoms with Crippen LogP contribution < -0.4 is 4.74 Å². The maximum Gasteiger partial charge on any atom is 0.423 e. The van der Waals surface area contributed by atoms with Crippen molar-refractivity contribution in [2.75, 3.05) is 0 Å². The Kier molecular flexibility index (Phi) is 6.36. The maximum atomic E-state index is 13.6. The highest BCUT2D eigenvalue weighted by Gasteiger charge is 2.38. The fourth-order valence-corrected chi connectivity index (χ4v) is 3.92. The quantitative estimate of drug-likeness (QED) is 0.390. The third-order valence-electron chi connectivity index (χ3n) is 4.27. The molecule has 3 aromatic rings. The molecule has 0 bridgehead atoms. The van der Waals surface area contributed by atoms with Gasteiger partial charge in [-0.1, -0.05) is 72.9 Å². The third-order valence-corrected chi connectivity index (χ3v) is 5.06. The molecule has 0 aliphatic heterocycles. The number of alkyl halides is 3. The van der Waals surface area contributed by atoms with Crippen molar-refractivity contribution in [3.63, 3.8) is 0 Å². The first-order chi connectivity index (χ1) is 13.6. The fraction of sp³-hybridized carbons (Fsp3) is 0.250. The normalized spacial score (nSPS) is 11.9. The Labute approximate surface area is 180 Å². The van der Waals surface area contributed by atoms with Crippen molar-refractivity contribution in [3.05, 3.63) is 74.4 Å². The minimum Gasteiger partial charge on any atom is -0.472 e. The molecule has 0 atom stereocenters. The van der Waals surface area contributed by atoms with E-state index in [1.165, 1.54) is 12.1 Å². The molecule has 0 saturated carbocycles. The molecule has 0 fully saturated rings. The van der Waals surface area contributed by atoms with Gasteiger partial charge in [-0.3, -0.25) is 0 Å². The summed E-state index contributed by atoms with van der Waals surface area (Å²) < 4.78 is 47.2. The molecule has 1 heterocycles. The van der Waals surface area contributed by atoms with E-state index in [-0.39, 0.29) is 33.3 Å². The highest BCUT2D eigenvalue weighted by molar-refractivity contribution is 6.40. The summed E-state index contributed by atoms with van der Waals surface area (Å²) >= 11 is 18.3. The second kappa shape index (κ2) is 8.46. The Bertz CT molecular complexity index is 1010. The van der Waals surface area contributed by atoms with Crippen LogP contribution in [-0.2, 0) is 12.8 Å². The summed E-state index contributed by atoms with van der Waals surface area (Å²) in [5.74, 6) is -0.316. The molecule has 0 spiro atoms. The molecule has 1 aromatic heterocycles. The summed E-state index contributed by atoms with van der Waals surface area (Å²) in [5.41, 5.74) is 0.786. The number of halogens is 6. The van der Waals surface area contributed by atoms with Gasteiger partial charge in [-0.05, 0) is 29.2 Å². The lowest BCUT2D eigenvalue weighted by molar-refractivity contribution is -0.139. The highest BCUT2D eigenvalue weighted by Crippen LogP contribution is 2.41. The average molecular weight is 464 g/mol. The molecular weight excluding hydrogens is 448 g/mol. The van der Waals surface area contributed by atoms with Gasteiger partial charge in [0, 0.05) is 5.02 Å². The van der Waals surface area contributed by atoms with Gasteiger partial charge in [0.15, 0.2) is 0 Å². The van der Waals surface area contributed by atoms with E-state index in [2.05, 4.69) is 5.10 Å². The molecule has 0 unspecified atom stereocenters. The van der Waals surface area contributed by atoms with E-state index in [0.717, 1.165) is 15.8 Å². The van der Waals surface area contributed by atoms with Gasteiger partial charge in [-0.25, -0.2) is 0 Å². The van der Waals surface area contributed by atoms with E-state index in [0.29, 0.717) is 6.20 Å². The number of nitrogens with zero attached hydrogens (tertiary/aromatic N) is 2. The summed E-state index contributed by atoms with van der Waals surface area (Å²) in [7, 11) is 0. The number of benzene rings is 2. The SMILES string of the molecule is CC(C)c1ccccc1COc1c(C(F)(F)F)cnn1-c1c(Cl)cc(Cl)cc1Cl. The molecule has 9 heteroatoms. The van der Waals surface area contributed by atoms with Gasteiger partial charge in [0.05, 0.1) is 16.2 Å². The predicted octanol–water partition coefficient (Wildman–Crippen LogP) is 7.55. The van der Waals surface area contributed by atoms with E-state index in [9.17, 15) is 13.2 Å². The summed E-state index contributed by atoms with van der Waals surface area (Å²) in [4.78, 5) is 0. The zero-order valence-electron chi connectivity index (χ0n) is 15.4. The molecule has 3 rings (SSSR count). The third kappa shape index (κ3) is 4.65. The van der Waals surface area contributed by atoms with Crippen LogP contribution in [0.3, 0.4) is 0 Å². The average Bonchev–Trinajstić information content (AvgIpc) is 3.03. The molecule has 29 heavy (non-hydrogen) atoms. The lowest BCUT2D eigenvalue weighted by Gasteiger charge is -2.17. The molecule has 0 amide bonds. The first-order valence-corrected chi connectivity index (χ1v) is 9.73. The minimum atomic E-state index is -4.67. The monoisotopic (exact) mass is 462 g/mol. The Morgan fingerprint density at radius 1 is 1.07 bits per heavy atom. The van der Waals surface area contributed by atoms with E-state index in [4.69, 9.17) is 39.5 Å². The molecule has 2 aromatic carbocycles. The number of rotatable bonds is 5. The number of ether oxygens (including phenoxy) is 1. The Balaban J connectivity index is 2.08. The first kappa shape index (κ1) is 21.8. The summed E-state index contributed by atoms with van der Waals surface area (Å²) in [5, 5.41) is 4.18. The van der Waals surface area contributed by atoms with Crippen molar-refractivity contribution in [1.82, 2.24) is 9.78 Å². The number of hydrogen-bond acceptors (Lipinski definition) is 2. The van der Waals surface area contributed by atoms with Gasteiger partial charge in [-0.2, -0.15) is 23.0 Å². The van der Waals surface area contributed by atoms with E-state index < -0.39 is 17.6 Å². The van der Waals surface area contributed by atoms with Gasteiger partial charge in [-0.15, -0.1) is 0 Å². The molecule has 0 radical (unpaired) electrons. The van der Waals surface area contributed by atoms with Crippen LogP contribution in [0.1, 0.15) is 36.5 Å². The zero-order valence-corrected chi connectivity index (χ0v) is 17.7. The van der Waals surface area contributed by atoms with Crippen molar-refractivity contribution < 1.29 is 17.9 Å². The largest absolute Gasteiger partial charge is 0.472 e. The molecule has 3 nitrogen and oxygen atoms in total. The fourth-order valence-electron chi connectivity index (χ4n) is 2.94. The van der Waals surface area contributed by atoms with Gasteiger partial charge in [0.1, 0.15) is 17.9 Å². The second-order valence-corrected chi connectivity index (χ2v) is 7.88. The lowest BCUT2D eigenvalue weighted by atomic mass is 9.98. The van der Waals surface area contributed by atoms with Crippen molar-refractivity contribution in [1.29, 1.82) is 0 Å². The molecule has 0 N–H and O–H groups in total.